The molecular weight excluding hydrogens is 607 g/mol. The van der Waals surface area contributed by atoms with E-state index in [-0.39, 0.29) is 17.5 Å². The van der Waals surface area contributed by atoms with Crippen LogP contribution in [0, 0.1) is 0 Å². The topological polar surface area (TPSA) is 24.3 Å². The fourth-order valence-corrected chi connectivity index (χ4v) is 7.87. The van der Waals surface area contributed by atoms with Gasteiger partial charge in [0.05, 0.1) is 16.8 Å². The molecule has 0 spiro atoms. The van der Waals surface area contributed by atoms with Gasteiger partial charge in [-0.1, -0.05) is 108 Å². The molecule has 0 amide bonds. The number of fused-ring (bicyclic) bond motifs is 7. The smallest absolute Gasteiger partial charge is 0.294 e. The van der Waals surface area contributed by atoms with Gasteiger partial charge in [-0.2, -0.15) is 0 Å². The molecule has 2 aliphatic heterocycles. The predicted molar refractivity (Wildman–Crippen MR) is 212 cm³/mol. The number of hydrogen-bond acceptors (Lipinski definition) is 3. The molecule has 0 N–H and O–H groups in total. The van der Waals surface area contributed by atoms with E-state index in [2.05, 4.69) is 195 Å². The number of aromatic nitrogens is 2. The Bertz CT molecular complexity index is 2400. The first kappa shape index (κ1) is 30.5. The van der Waals surface area contributed by atoms with E-state index in [0.717, 1.165) is 39.5 Å². The number of imidazole rings is 1. The molecule has 0 fully saturated rings. The summed E-state index contributed by atoms with van der Waals surface area (Å²) in [5, 5.41) is 0. The Labute approximate surface area is 295 Å². The Hall–Kier alpha value is -5.55. The minimum absolute atomic E-state index is 0.0154. The van der Waals surface area contributed by atoms with Crippen molar-refractivity contribution in [2.75, 3.05) is 9.80 Å². The maximum absolute atomic E-state index is 5.34. The molecule has 9 rings (SSSR count). The molecule has 7 aromatic rings. The van der Waals surface area contributed by atoms with Crippen LogP contribution in [0.15, 0.2) is 140 Å². The zero-order chi connectivity index (χ0) is 34.4. The molecular formula is C45H41BN4. The molecule has 0 saturated heterocycles. The van der Waals surface area contributed by atoms with E-state index >= 15 is 0 Å². The van der Waals surface area contributed by atoms with Crippen molar-refractivity contribution in [1.82, 2.24) is 9.55 Å². The second-order valence-electron chi connectivity index (χ2n) is 15.8. The highest BCUT2D eigenvalue weighted by molar-refractivity contribution is 6.99. The number of benzene rings is 6. The summed E-state index contributed by atoms with van der Waals surface area (Å²) in [6.45, 7) is 13.8. The van der Waals surface area contributed by atoms with Crippen LogP contribution < -0.4 is 26.4 Å². The van der Waals surface area contributed by atoms with Crippen molar-refractivity contribution in [3.05, 3.63) is 151 Å². The molecule has 2 aliphatic rings. The van der Waals surface area contributed by atoms with E-state index in [1.165, 1.54) is 39.1 Å². The van der Waals surface area contributed by atoms with Crippen LogP contribution in [0.1, 0.15) is 52.7 Å². The van der Waals surface area contributed by atoms with Crippen LogP contribution in [0.25, 0.3) is 16.7 Å². The van der Waals surface area contributed by atoms with Gasteiger partial charge in [-0.3, -0.25) is 0 Å². The quantitative estimate of drug-likeness (QED) is 0.178. The fourth-order valence-electron chi connectivity index (χ4n) is 7.87. The molecule has 1 aromatic heterocycles. The van der Waals surface area contributed by atoms with Crippen LogP contribution >= 0.6 is 0 Å². The fraction of sp³-hybridized carbons (Fsp3) is 0.178. The summed E-state index contributed by atoms with van der Waals surface area (Å²) in [5.41, 5.74) is 16.7. The third kappa shape index (κ3) is 4.71. The Kier molecular flexibility index (Phi) is 6.70. The molecule has 4 nitrogen and oxygen atoms in total. The maximum atomic E-state index is 5.34. The molecule has 5 heteroatoms. The molecule has 0 unspecified atom stereocenters. The summed E-state index contributed by atoms with van der Waals surface area (Å²) in [7, 11) is 0. The number of nitrogens with zero attached hydrogens (tertiary/aromatic N) is 4. The van der Waals surface area contributed by atoms with E-state index in [0.29, 0.717) is 0 Å². The zero-order valence-electron chi connectivity index (χ0n) is 29.6. The van der Waals surface area contributed by atoms with Gasteiger partial charge >= 0.3 is 0 Å². The van der Waals surface area contributed by atoms with E-state index in [4.69, 9.17) is 4.98 Å². The van der Waals surface area contributed by atoms with Crippen molar-refractivity contribution >= 4 is 68.5 Å². The van der Waals surface area contributed by atoms with Crippen molar-refractivity contribution in [1.29, 1.82) is 0 Å². The Morgan fingerprint density at radius 1 is 0.540 bits per heavy atom. The zero-order valence-corrected chi connectivity index (χ0v) is 29.6. The van der Waals surface area contributed by atoms with Gasteiger partial charge in [-0.05, 0) is 106 Å². The van der Waals surface area contributed by atoms with Crippen LogP contribution in [0.2, 0.25) is 0 Å². The van der Waals surface area contributed by atoms with Crippen molar-refractivity contribution in [2.45, 2.75) is 52.4 Å². The first-order valence-electron chi connectivity index (χ1n) is 17.7. The Morgan fingerprint density at radius 2 is 1.14 bits per heavy atom. The summed E-state index contributed by atoms with van der Waals surface area (Å²) in [6.07, 6.45) is 0. The molecule has 244 valence electrons. The lowest BCUT2D eigenvalue weighted by atomic mass is 9.39. The van der Waals surface area contributed by atoms with Gasteiger partial charge in [0.25, 0.3) is 6.71 Å². The first-order valence-corrected chi connectivity index (χ1v) is 17.7. The number of rotatable bonds is 4. The minimum atomic E-state index is -0.0476. The summed E-state index contributed by atoms with van der Waals surface area (Å²) in [5.74, 6) is 0. The molecule has 0 aliphatic carbocycles. The van der Waals surface area contributed by atoms with Crippen molar-refractivity contribution in [3.8, 4) is 5.69 Å². The molecule has 0 saturated carbocycles. The van der Waals surface area contributed by atoms with Gasteiger partial charge in [0.15, 0.2) is 0 Å². The second kappa shape index (κ2) is 11.0. The lowest BCUT2D eigenvalue weighted by molar-refractivity contribution is 0.590. The summed E-state index contributed by atoms with van der Waals surface area (Å²) < 4.78 is 2.42. The summed E-state index contributed by atoms with van der Waals surface area (Å²) in [6, 6.07) is 51.1. The van der Waals surface area contributed by atoms with Crippen molar-refractivity contribution in [2.24, 2.45) is 0 Å². The molecule has 6 aromatic carbocycles. The van der Waals surface area contributed by atoms with Gasteiger partial charge in [0.2, 0.25) is 0 Å². The molecule has 0 atom stereocenters. The van der Waals surface area contributed by atoms with E-state index < -0.39 is 0 Å². The lowest BCUT2D eigenvalue weighted by Gasteiger charge is -2.37. The molecule has 0 bridgehead atoms. The van der Waals surface area contributed by atoms with Crippen LogP contribution in [-0.4, -0.2) is 16.3 Å². The summed E-state index contributed by atoms with van der Waals surface area (Å²) in [4.78, 5) is 10.2. The maximum Gasteiger partial charge on any atom is 0.294 e. The largest absolute Gasteiger partial charge is 0.311 e. The van der Waals surface area contributed by atoms with Gasteiger partial charge in [-0.25, -0.2) is 4.98 Å². The SMILES string of the molecule is CC(C)(C)c1ccc(N(c2ccccc2)c2ccc3c(c2)N(c2ccccc2)c2cc(C(C)(C)C)cc4c2B3c2nc3ccccc3n2-4)cc1. The molecule has 50 heavy (non-hydrogen) atoms. The standard InChI is InChI=1S/C45H41BN4/c1-44(2,3)30-21-23-34(24-22-30)48(32-15-9-7-10-16-32)35-25-26-36-39(29-35)49(33-17-11-8-12-18-33)40-27-31(45(4,5)6)28-41-42(40)46(36)43-47-37-19-13-14-20-38(37)50(41)43/h7-29H,1-6H3. The van der Waals surface area contributed by atoms with E-state index in [1.807, 2.05) is 0 Å². The number of para-hydroxylation sites is 4. The van der Waals surface area contributed by atoms with Crippen molar-refractivity contribution in [3.63, 3.8) is 0 Å². The predicted octanol–water partition coefficient (Wildman–Crippen LogP) is 9.70. The summed E-state index contributed by atoms with van der Waals surface area (Å²) >= 11 is 0. The van der Waals surface area contributed by atoms with Gasteiger partial charge in [0, 0.05) is 39.8 Å². The third-order valence-electron chi connectivity index (χ3n) is 10.5. The first-order chi connectivity index (χ1) is 24.1. The number of anilines is 6. The normalized spacial score (nSPS) is 13.3. The number of hydrogen-bond donors (Lipinski definition) is 0. The monoisotopic (exact) mass is 648 g/mol. The molecule has 3 heterocycles. The highest BCUT2D eigenvalue weighted by atomic mass is 15.2. The van der Waals surface area contributed by atoms with Crippen LogP contribution in [-0.2, 0) is 10.8 Å². The van der Waals surface area contributed by atoms with Gasteiger partial charge in [0.1, 0.15) is 0 Å². The second-order valence-corrected chi connectivity index (χ2v) is 15.8. The average Bonchev–Trinajstić information content (AvgIpc) is 3.64. The van der Waals surface area contributed by atoms with Gasteiger partial charge < -0.3 is 14.4 Å². The van der Waals surface area contributed by atoms with Crippen LogP contribution in [0.4, 0.5) is 34.1 Å². The highest BCUT2D eigenvalue weighted by Crippen LogP contribution is 2.44. The Balaban J connectivity index is 1.32. The van der Waals surface area contributed by atoms with Crippen LogP contribution in [0.3, 0.4) is 0 Å². The van der Waals surface area contributed by atoms with Gasteiger partial charge in [-0.15, -0.1) is 0 Å². The minimum Gasteiger partial charge on any atom is -0.311 e. The van der Waals surface area contributed by atoms with Crippen LogP contribution in [0.5, 0.6) is 0 Å². The van der Waals surface area contributed by atoms with E-state index in [9.17, 15) is 0 Å². The lowest BCUT2D eigenvalue weighted by Crippen LogP contribution is -2.55. The van der Waals surface area contributed by atoms with Crippen molar-refractivity contribution < 1.29 is 0 Å². The molecule has 0 radical (unpaired) electrons. The third-order valence-corrected chi connectivity index (χ3v) is 10.5. The van der Waals surface area contributed by atoms with E-state index in [1.54, 1.807) is 0 Å². The average molecular weight is 649 g/mol. The highest BCUT2D eigenvalue weighted by Gasteiger charge is 2.46. The Morgan fingerprint density at radius 3 is 1.84 bits per heavy atom.